The lowest BCUT2D eigenvalue weighted by Crippen LogP contribution is -2.18. The molecule has 6 heteroatoms. The second-order valence-electron chi connectivity index (χ2n) is 4.68. The van der Waals surface area contributed by atoms with Crippen LogP contribution in [0.4, 0.5) is 13.2 Å². The molecule has 3 nitrogen and oxygen atoms in total. The minimum absolute atomic E-state index is 0.0190. The summed E-state index contributed by atoms with van der Waals surface area (Å²) in [6.07, 6.45) is -1.40. The largest absolute Gasteiger partial charge is 0.469 e. The first kappa shape index (κ1) is 15.7. The standard InChI is InChI=1S/C13H17F3O3/c1-19-12(18)8-9-5-6-11(17)10(9)4-2-3-7-13(14,15)16/h2-3,9-10H,4-8H2,1H3/b3-2-/t9-,10-/m0/s1. The molecule has 0 aliphatic heterocycles. The quantitative estimate of drug-likeness (QED) is 0.573. The van der Waals surface area contributed by atoms with Gasteiger partial charge in [0.15, 0.2) is 0 Å². The van der Waals surface area contributed by atoms with Gasteiger partial charge in [0.1, 0.15) is 5.78 Å². The van der Waals surface area contributed by atoms with Gasteiger partial charge in [0.2, 0.25) is 0 Å². The van der Waals surface area contributed by atoms with Gasteiger partial charge in [-0.25, -0.2) is 0 Å². The van der Waals surface area contributed by atoms with Gasteiger partial charge in [-0.15, -0.1) is 0 Å². The molecule has 1 rings (SSSR count). The van der Waals surface area contributed by atoms with Crippen molar-refractivity contribution < 1.29 is 27.5 Å². The van der Waals surface area contributed by atoms with Gasteiger partial charge in [0, 0.05) is 18.8 Å². The summed E-state index contributed by atoms with van der Waals surface area (Å²) in [6.45, 7) is 0. The van der Waals surface area contributed by atoms with Crippen LogP contribution in [0.5, 0.6) is 0 Å². The average Bonchev–Trinajstić information content (AvgIpc) is 2.65. The SMILES string of the molecule is COC(=O)C[C@@H]1CCC(=O)[C@H]1C/C=C\CC(F)(F)F. The first-order chi connectivity index (χ1) is 8.83. The molecule has 1 aliphatic rings. The van der Waals surface area contributed by atoms with Crippen LogP contribution in [0.25, 0.3) is 0 Å². The molecule has 0 saturated heterocycles. The molecule has 0 heterocycles. The smallest absolute Gasteiger partial charge is 0.392 e. The number of rotatable bonds is 5. The van der Waals surface area contributed by atoms with Crippen LogP contribution in [-0.4, -0.2) is 25.0 Å². The number of hydrogen-bond donors (Lipinski definition) is 0. The second kappa shape index (κ2) is 6.73. The first-order valence-electron chi connectivity index (χ1n) is 6.14. The third-order valence-corrected chi connectivity index (χ3v) is 3.31. The van der Waals surface area contributed by atoms with E-state index in [2.05, 4.69) is 4.74 Å². The van der Waals surface area contributed by atoms with E-state index in [0.717, 1.165) is 6.08 Å². The van der Waals surface area contributed by atoms with Crippen LogP contribution in [0, 0.1) is 11.8 Å². The Hall–Kier alpha value is -1.33. The van der Waals surface area contributed by atoms with Gasteiger partial charge >= 0.3 is 12.1 Å². The monoisotopic (exact) mass is 278 g/mol. The van der Waals surface area contributed by atoms with Crippen molar-refractivity contribution in [1.29, 1.82) is 0 Å². The molecule has 0 aromatic carbocycles. The van der Waals surface area contributed by atoms with Crippen LogP contribution in [0.15, 0.2) is 12.2 Å². The van der Waals surface area contributed by atoms with E-state index in [0.29, 0.717) is 12.8 Å². The number of carbonyl (C=O) groups excluding carboxylic acids is 2. The minimum Gasteiger partial charge on any atom is -0.469 e. The zero-order valence-corrected chi connectivity index (χ0v) is 10.7. The number of alkyl halides is 3. The number of allylic oxidation sites excluding steroid dienone is 2. The van der Waals surface area contributed by atoms with Crippen molar-refractivity contribution in [2.75, 3.05) is 7.11 Å². The highest BCUT2D eigenvalue weighted by molar-refractivity contribution is 5.84. The molecule has 0 spiro atoms. The Kier molecular flexibility index (Phi) is 5.57. The van der Waals surface area contributed by atoms with Crippen LogP contribution in [-0.2, 0) is 14.3 Å². The van der Waals surface area contributed by atoms with E-state index in [9.17, 15) is 22.8 Å². The van der Waals surface area contributed by atoms with Crippen molar-refractivity contribution >= 4 is 11.8 Å². The van der Waals surface area contributed by atoms with Gasteiger partial charge in [-0.1, -0.05) is 12.2 Å². The average molecular weight is 278 g/mol. The van der Waals surface area contributed by atoms with Gasteiger partial charge < -0.3 is 4.74 Å². The number of methoxy groups -OCH3 is 1. The van der Waals surface area contributed by atoms with Gasteiger partial charge in [-0.05, 0) is 18.8 Å². The molecule has 0 bridgehead atoms. The zero-order valence-electron chi connectivity index (χ0n) is 10.7. The van der Waals surface area contributed by atoms with E-state index in [1.807, 2.05) is 0 Å². The number of hydrogen-bond acceptors (Lipinski definition) is 3. The third kappa shape index (κ3) is 5.44. The summed E-state index contributed by atoms with van der Waals surface area (Å²) in [4.78, 5) is 22.8. The summed E-state index contributed by atoms with van der Waals surface area (Å²) in [5, 5.41) is 0. The van der Waals surface area contributed by atoms with Gasteiger partial charge in [0.25, 0.3) is 0 Å². The number of esters is 1. The maximum absolute atomic E-state index is 11.9. The molecule has 0 amide bonds. The van der Waals surface area contributed by atoms with Gasteiger partial charge in [-0.2, -0.15) is 13.2 Å². The molecule has 0 N–H and O–H groups in total. The lowest BCUT2D eigenvalue weighted by atomic mass is 9.89. The predicted molar refractivity (Wildman–Crippen MR) is 62.3 cm³/mol. The fraction of sp³-hybridized carbons (Fsp3) is 0.692. The molecular formula is C13H17F3O3. The maximum atomic E-state index is 11.9. The normalized spacial score (nSPS) is 24.1. The fourth-order valence-corrected chi connectivity index (χ4v) is 2.30. The van der Waals surface area contributed by atoms with Crippen LogP contribution in [0.2, 0.25) is 0 Å². The number of ketones is 1. The molecule has 1 aliphatic carbocycles. The minimum atomic E-state index is -4.22. The molecule has 0 radical (unpaired) electrons. The molecule has 1 fully saturated rings. The topological polar surface area (TPSA) is 43.4 Å². The van der Waals surface area contributed by atoms with Crippen LogP contribution >= 0.6 is 0 Å². The Labute approximate surface area is 109 Å². The predicted octanol–water partition coefficient (Wildman–Crippen LogP) is 3.04. The van der Waals surface area contributed by atoms with E-state index >= 15 is 0 Å². The third-order valence-electron chi connectivity index (χ3n) is 3.31. The number of ether oxygens (including phenoxy) is 1. The van der Waals surface area contributed by atoms with Crippen molar-refractivity contribution in [3.8, 4) is 0 Å². The molecule has 0 aromatic heterocycles. The lowest BCUT2D eigenvalue weighted by Gasteiger charge is -2.15. The molecular weight excluding hydrogens is 261 g/mol. The van der Waals surface area contributed by atoms with Crippen molar-refractivity contribution in [1.82, 2.24) is 0 Å². The molecule has 1 saturated carbocycles. The molecule has 19 heavy (non-hydrogen) atoms. The van der Waals surface area contributed by atoms with Crippen molar-refractivity contribution in [3.63, 3.8) is 0 Å². The highest BCUT2D eigenvalue weighted by Crippen LogP contribution is 2.34. The maximum Gasteiger partial charge on any atom is 0.392 e. The summed E-state index contributed by atoms with van der Waals surface area (Å²) in [6, 6.07) is 0. The van der Waals surface area contributed by atoms with Gasteiger partial charge in [-0.3, -0.25) is 9.59 Å². The Bertz CT molecular complexity index is 361. The van der Waals surface area contributed by atoms with Crippen LogP contribution in [0.3, 0.4) is 0 Å². The Morgan fingerprint density at radius 3 is 2.68 bits per heavy atom. The zero-order chi connectivity index (χ0) is 14.5. The molecule has 108 valence electrons. The Morgan fingerprint density at radius 1 is 1.42 bits per heavy atom. The lowest BCUT2D eigenvalue weighted by molar-refractivity contribution is -0.142. The molecule has 2 atom stereocenters. The molecule has 0 unspecified atom stereocenters. The number of halogens is 3. The summed E-state index contributed by atoms with van der Waals surface area (Å²) in [7, 11) is 1.28. The van der Waals surface area contributed by atoms with Crippen molar-refractivity contribution in [2.45, 2.75) is 38.3 Å². The van der Waals surface area contributed by atoms with Crippen molar-refractivity contribution in [3.05, 3.63) is 12.2 Å². The number of carbonyl (C=O) groups is 2. The highest BCUT2D eigenvalue weighted by atomic mass is 19.4. The van der Waals surface area contributed by atoms with E-state index in [-0.39, 0.29) is 36.4 Å². The van der Waals surface area contributed by atoms with E-state index in [1.165, 1.54) is 13.2 Å². The number of Topliss-reactive ketones (excluding diaryl/α,β-unsaturated/α-hetero) is 1. The van der Waals surface area contributed by atoms with Crippen LogP contribution < -0.4 is 0 Å². The van der Waals surface area contributed by atoms with Crippen LogP contribution in [0.1, 0.15) is 32.1 Å². The summed E-state index contributed by atoms with van der Waals surface area (Å²) < 4.78 is 40.4. The van der Waals surface area contributed by atoms with Gasteiger partial charge in [0.05, 0.1) is 13.5 Å². The highest BCUT2D eigenvalue weighted by Gasteiger charge is 2.35. The summed E-state index contributed by atoms with van der Waals surface area (Å²) in [5.74, 6) is -0.839. The van der Waals surface area contributed by atoms with E-state index in [1.54, 1.807) is 0 Å². The molecule has 0 aromatic rings. The first-order valence-corrected chi connectivity index (χ1v) is 6.14. The van der Waals surface area contributed by atoms with E-state index in [4.69, 9.17) is 0 Å². The fourth-order valence-electron chi connectivity index (χ4n) is 2.30. The summed E-state index contributed by atoms with van der Waals surface area (Å²) in [5.41, 5.74) is 0. The van der Waals surface area contributed by atoms with E-state index < -0.39 is 12.6 Å². The van der Waals surface area contributed by atoms with Crippen molar-refractivity contribution in [2.24, 2.45) is 11.8 Å². The Balaban J connectivity index is 2.49. The summed E-state index contributed by atoms with van der Waals surface area (Å²) >= 11 is 0. The Morgan fingerprint density at radius 2 is 2.11 bits per heavy atom. The second-order valence-corrected chi connectivity index (χ2v) is 4.68.